The van der Waals surface area contributed by atoms with Crippen LogP contribution in [0.25, 0.3) is 33.2 Å². The first-order valence-electron chi connectivity index (χ1n) is 10.9. The summed E-state index contributed by atoms with van der Waals surface area (Å²) in [7, 11) is 0. The average molecular weight is 406 g/mol. The van der Waals surface area contributed by atoms with Gasteiger partial charge in [-0.1, -0.05) is 82.3 Å². The molecule has 0 spiro atoms. The SMILES string of the molecule is CC(c1ccccc1)c1ccc2c(c1)oc1c(-c3cc(C(C)(C)C)ccn3)cccc12. The van der Waals surface area contributed by atoms with Crippen LogP contribution in [0.3, 0.4) is 0 Å². The fourth-order valence-corrected chi connectivity index (χ4v) is 4.26. The van der Waals surface area contributed by atoms with Gasteiger partial charge in [-0.2, -0.15) is 0 Å². The van der Waals surface area contributed by atoms with Crippen LogP contribution in [0.5, 0.6) is 0 Å². The number of pyridine rings is 1. The maximum absolute atomic E-state index is 6.45. The van der Waals surface area contributed by atoms with Gasteiger partial charge in [0.1, 0.15) is 11.2 Å². The van der Waals surface area contributed by atoms with Crippen molar-refractivity contribution in [1.82, 2.24) is 4.98 Å². The summed E-state index contributed by atoms with van der Waals surface area (Å²) in [5, 5.41) is 2.28. The van der Waals surface area contributed by atoms with Gasteiger partial charge < -0.3 is 4.42 Å². The van der Waals surface area contributed by atoms with Crippen LogP contribution in [0, 0.1) is 0 Å². The average Bonchev–Trinajstić information content (AvgIpc) is 3.16. The highest BCUT2D eigenvalue weighted by molar-refractivity contribution is 6.09. The topological polar surface area (TPSA) is 26.0 Å². The molecule has 0 aliphatic carbocycles. The number of rotatable bonds is 3. The second-order valence-electron chi connectivity index (χ2n) is 9.35. The van der Waals surface area contributed by atoms with E-state index in [2.05, 4.69) is 112 Å². The van der Waals surface area contributed by atoms with E-state index in [1.165, 1.54) is 16.7 Å². The number of benzene rings is 3. The summed E-state index contributed by atoms with van der Waals surface area (Å²) in [6.45, 7) is 8.92. The van der Waals surface area contributed by atoms with Gasteiger partial charge >= 0.3 is 0 Å². The van der Waals surface area contributed by atoms with Crippen molar-refractivity contribution in [3.8, 4) is 11.3 Å². The zero-order chi connectivity index (χ0) is 21.6. The molecule has 3 aromatic carbocycles. The van der Waals surface area contributed by atoms with Gasteiger partial charge in [-0.05, 0) is 46.4 Å². The minimum Gasteiger partial charge on any atom is -0.455 e. The molecule has 5 aromatic rings. The van der Waals surface area contributed by atoms with Crippen molar-refractivity contribution in [3.05, 3.63) is 102 Å². The summed E-state index contributed by atoms with van der Waals surface area (Å²) >= 11 is 0. The van der Waals surface area contributed by atoms with Gasteiger partial charge in [0.25, 0.3) is 0 Å². The van der Waals surface area contributed by atoms with Gasteiger partial charge in [0, 0.05) is 28.5 Å². The minimum atomic E-state index is 0.0714. The molecule has 0 bridgehead atoms. The molecule has 0 radical (unpaired) electrons. The number of hydrogen-bond acceptors (Lipinski definition) is 2. The Kier molecular flexibility index (Phi) is 4.66. The Morgan fingerprint density at radius 3 is 2.35 bits per heavy atom. The molecular formula is C29H27NO. The summed E-state index contributed by atoms with van der Waals surface area (Å²) in [6, 6.07) is 27.8. The van der Waals surface area contributed by atoms with Crippen LogP contribution in [0.1, 0.15) is 50.3 Å². The summed E-state index contributed by atoms with van der Waals surface area (Å²) in [6.07, 6.45) is 1.90. The lowest BCUT2D eigenvalue weighted by molar-refractivity contribution is 0.589. The molecule has 2 aromatic heterocycles. The molecule has 0 saturated carbocycles. The lowest BCUT2D eigenvalue weighted by Crippen LogP contribution is -2.11. The Hall–Kier alpha value is -3.39. The lowest BCUT2D eigenvalue weighted by atomic mass is 9.87. The van der Waals surface area contributed by atoms with E-state index < -0.39 is 0 Å². The third kappa shape index (κ3) is 3.53. The molecule has 1 atom stereocenters. The molecule has 0 aliphatic heterocycles. The second-order valence-corrected chi connectivity index (χ2v) is 9.35. The van der Waals surface area contributed by atoms with E-state index in [9.17, 15) is 0 Å². The third-order valence-electron chi connectivity index (χ3n) is 6.22. The monoisotopic (exact) mass is 405 g/mol. The van der Waals surface area contributed by atoms with Crippen molar-refractivity contribution in [3.63, 3.8) is 0 Å². The molecular weight excluding hydrogens is 378 g/mol. The fourth-order valence-electron chi connectivity index (χ4n) is 4.26. The predicted octanol–water partition coefficient (Wildman–Crippen LogP) is 8.10. The molecule has 1 unspecified atom stereocenters. The van der Waals surface area contributed by atoms with Crippen LogP contribution in [-0.4, -0.2) is 4.98 Å². The summed E-state index contributed by atoms with van der Waals surface area (Å²) in [4.78, 5) is 4.67. The van der Waals surface area contributed by atoms with E-state index in [4.69, 9.17) is 4.42 Å². The number of furan rings is 1. The van der Waals surface area contributed by atoms with Crippen molar-refractivity contribution in [1.29, 1.82) is 0 Å². The zero-order valence-corrected chi connectivity index (χ0v) is 18.5. The van der Waals surface area contributed by atoms with Crippen molar-refractivity contribution in [2.24, 2.45) is 0 Å². The van der Waals surface area contributed by atoms with Gasteiger partial charge in [0.05, 0.1) is 5.69 Å². The molecule has 0 amide bonds. The second kappa shape index (κ2) is 7.39. The number of fused-ring (bicyclic) bond motifs is 3. The highest BCUT2D eigenvalue weighted by atomic mass is 16.3. The first-order valence-corrected chi connectivity index (χ1v) is 10.9. The number of aromatic nitrogens is 1. The molecule has 0 fully saturated rings. The lowest BCUT2D eigenvalue weighted by Gasteiger charge is -2.19. The molecule has 2 heterocycles. The van der Waals surface area contributed by atoms with Gasteiger partial charge in [0.15, 0.2) is 0 Å². The van der Waals surface area contributed by atoms with E-state index in [-0.39, 0.29) is 5.41 Å². The molecule has 0 saturated heterocycles. The Labute approximate surface area is 183 Å². The Balaban J connectivity index is 1.64. The normalized spacial score (nSPS) is 13.0. The first-order chi connectivity index (χ1) is 14.9. The Morgan fingerprint density at radius 1 is 0.774 bits per heavy atom. The van der Waals surface area contributed by atoms with Crippen LogP contribution >= 0.6 is 0 Å². The number of para-hydroxylation sites is 1. The first kappa shape index (κ1) is 19.6. The molecule has 31 heavy (non-hydrogen) atoms. The van der Waals surface area contributed by atoms with Crippen LogP contribution in [0.2, 0.25) is 0 Å². The van der Waals surface area contributed by atoms with Gasteiger partial charge in [-0.3, -0.25) is 4.98 Å². The number of hydrogen-bond donors (Lipinski definition) is 0. The quantitative estimate of drug-likeness (QED) is 0.303. The molecule has 154 valence electrons. The van der Waals surface area contributed by atoms with Gasteiger partial charge in [0.2, 0.25) is 0 Å². The minimum absolute atomic E-state index is 0.0714. The molecule has 5 rings (SSSR count). The van der Waals surface area contributed by atoms with Crippen LogP contribution in [0.15, 0.2) is 89.5 Å². The van der Waals surface area contributed by atoms with Gasteiger partial charge in [-0.25, -0.2) is 0 Å². The van der Waals surface area contributed by atoms with Gasteiger partial charge in [-0.15, -0.1) is 0 Å². The Bertz CT molecular complexity index is 1370. The maximum Gasteiger partial charge on any atom is 0.144 e. The smallest absolute Gasteiger partial charge is 0.144 e. The van der Waals surface area contributed by atoms with E-state index >= 15 is 0 Å². The van der Waals surface area contributed by atoms with E-state index in [0.29, 0.717) is 5.92 Å². The molecule has 0 N–H and O–H groups in total. The summed E-state index contributed by atoms with van der Waals surface area (Å²) < 4.78 is 6.45. The maximum atomic E-state index is 6.45. The van der Waals surface area contributed by atoms with Crippen LogP contribution < -0.4 is 0 Å². The highest BCUT2D eigenvalue weighted by Crippen LogP contribution is 2.37. The third-order valence-corrected chi connectivity index (χ3v) is 6.22. The summed E-state index contributed by atoms with van der Waals surface area (Å²) in [5.41, 5.74) is 7.73. The molecule has 2 heteroatoms. The van der Waals surface area contributed by atoms with Crippen molar-refractivity contribution in [2.75, 3.05) is 0 Å². The van der Waals surface area contributed by atoms with Crippen molar-refractivity contribution in [2.45, 2.75) is 39.0 Å². The molecule has 2 nitrogen and oxygen atoms in total. The predicted molar refractivity (Wildman–Crippen MR) is 130 cm³/mol. The molecule has 0 aliphatic rings. The fraction of sp³-hybridized carbons (Fsp3) is 0.207. The van der Waals surface area contributed by atoms with Crippen molar-refractivity contribution >= 4 is 21.9 Å². The zero-order valence-electron chi connectivity index (χ0n) is 18.5. The van der Waals surface area contributed by atoms with E-state index in [1.54, 1.807) is 0 Å². The van der Waals surface area contributed by atoms with Crippen LogP contribution in [0.4, 0.5) is 0 Å². The summed E-state index contributed by atoms with van der Waals surface area (Å²) in [5.74, 6) is 0.309. The van der Waals surface area contributed by atoms with Crippen LogP contribution in [-0.2, 0) is 5.41 Å². The standard InChI is InChI=1S/C29H27NO/c1-19(20-9-6-5-7-10-20)21-13-14-23-24-11-8-12-25(28(24)31-27(23)17-21)26-18-22(15-16-30-26)29(2,3)4/h5-19H,1-4H3. The van der Waals surface area contributed by atoms with E-state index in [1.807, 2.05) is 6.20 Å². The van der Waals surface area contributed by atoms with Crippen molar-refractivity contribution < 1.29 is 4.42 Å². The van der Waals surface area contributed by atoms with E-state index in [0.717, 1.165) is 33.2 Å². The number of nitrogens with zero attached hydrogens (tertiary/aromatic N) is 1. The Morgan fingerprint density at radius 2 is 1.58 bits per heavy atom. The highest BCUT2D eigenvalue weighted by Gasteiger charge is 2.18. The largest absolute Gasteiger partial charge is 0.455 e.